The number of hydrogen-bond donors (Lipinski definition) is 2. The average Bonchev–Trinajstić information content (AvgIpc) is 2.39. The van der Waals surface area contributed by atoms with Crippen LogP contribution in [-0.2, 0) is 0 Å². The van der Waals surface area contributed by atoms with Crippen molar-refractivity contribution in [2.75, 3.05) is 18.9 Å². The van der Waals surface area contributed by atoms with E-state index in [0.717, 1.165) is 6.42 Å². The van der Waals surface area contributed by atoms with Crippen molar-refractivity contribution in [3.63, 3.8) is 0 Å². The van der Waals surface area contributed by atoms with E-state index in [4.69, 9.17) is 28.3 Å². The smallest absolute Gasteiger partial charge is 0.335 e. The van der Waals surface area contributed by atoms with Gasteiger partial charge < -0.3 is 15.3 Å². The molecule has 0 saturated carbocycles. The number of hydrogen-bond acceptors (Lipinski definition) is 2. The minimum atomic E-state index is -1.13. The molecule has 1 rings (SSSR count). The number of amides is 2. The normalized spacial score (nSPS) is 10.6. The Morgan fingerprint density at radius 3 is 2.24 bits per heavy atom. The van der Waals surface area contributed by atoms with Gasteiger partial charge in [-0.2, -0.15) is 0 Å². The first-order chi connectivity index (χ1) is 9.72. The summed E-state index contributed by atoms with van der Waals surface area (Å²) in [5.41, 5.74) is 0.181. The van der Waals surface area contributed by atoms with Gasteiger partial charge in [-0.1, -0.05) is 37.0 Å². The van der Waals surface area contributed by atoms with Crippen LogP contribution in [0.5, 0.6) is 0 Å². The van der Waals surface area contributed by atoms with Gasteiger partial charge in [-0.3, -0.25) is 0 Å². The Morgan fingerprint density at radius 2 is 1.81 bits per heavy atom. The van der Waals surface area contributed by atoms with Crippen molar-refractivity contribution in [2.45, 2.75) is 20.3 Å². The molecule has 0 aromatic heterocycles. The monoisotopic (exact) mass is 332 g/mol. The fraction of sp³-hybridized carbons (Fsp3) is 0.429. The van der Waals surface area contributed by atoms with Gasteiger partial charge in [-0.15, -0.1) is 0 Å². The fourth-order valence-corrected chi connectivity index (χ4v) is 2.15. The number of carbonyl (C=O) groups is 2. The second-order valence-electron chi connectivity index (χ2n) is 5.15. The molecule has 2 N–H and O–H groups in total. The van der Waals surface area contributed by atoms with E-state index >= 15 is 0 Å². The number of rotatable bonds is 5. The number of urea groups is 1. The predicted molar refractivity (Wildman–Crippen MR) is 84.5 cm³/mol. The van der Waals surface area contributed by atoms with Gasteiger partial charge in [-0.25, -0.2) is 9.59 Å². The minimum absolute atomic E-state index is 0.0313. The van der Waals surface area contributed by atoms with Crippen molar-refractivity contribution < 1.29 is 14.7 Å². The third-order valence-electron chi connectivity index (χ3n) is 2.91. The molecular formula is C14H18Cl2N2O3. The van der Waals surface area contributed by atoms with Gasteiger partial charge in [0.25, 0.3) is 0 Å². The molecule has 0 spiro atoms. The standard InChI is InChI=1S/C14H18Cl2N2O3/c1-8(2)4-5-18(3)14(21)17-12-10(15)6-9(13(19)20)7-11(12)16/h6-8H,4-5H2,1-3H3,(H,17,21)(H,19,20). The first kappa shape index (κ1) is 17.6. The lowest BCUT2D eigenvalue weighted by atomic mass is 10.1. The number of carbonyl (C=O) groups excluding carboxylic acids is 1. The number of benzene rings is 1. The molecule has 21 heavy (non-hydrogen) atoms. The van der Waals surface area contributed by atoms with Crippen molar-refractivity contribution >= 4 is 40.9 Å². The average molecular weight is 333 g/mol. The quantitative estimate of drug-likeness (QED) is 0.848. The topological polar surface area (TPSA) is 69.6 Å². The third kappa shape index (κ3) is 5.10. The first-order valence-electron chi connectivity index (χ1n) is 6.46. The van der Waals surface area contributed by atoms with Crippen molar-refractivity contribution in [3.8, 4) is 0 Å². The van der Waals surface area contributed by atoms with Crippen LogP contribution in [0, 0.1) is 5.92 Å². The van der Waals surface area contributed by atoms with E-state index in [1.807, 2.05) is 0 Å². The molecule has 2 amide bonds. The summed E-state index contributed by atoms with van der Waals surface area (Å²) in [4.78, 5) is 24.4. The number of halogens is 2. The zero-order valence-electron chi connectivity index (χ0n) is 12.1. The molecule has 0 bridgehead atoms. The Hall–Kier alpha value is -1.46. The molecule has 0 atom stereocenters. The maximum atomic E-state index is 12.0. The molecule has 0 aliphatic rings. The van der Waals surface area contributed by atoms with Gasteiger partial charge in [0.15, 0.2) is 0 Å². The highest BCUT2D eigenvalue weighted by atomic mass is 35.5. The number of nitrogens with one attached hydrogen (secondary N) is 1. The molecule has 0 aliphatic heterocycles. The van der Waals surface area contributed by atoms with E-state index in [1.54, 1.807) is 7.05 Å². The van der Waals surface area contributed by atoms with Crippen molar-refractivity contribution in [3.05, 3.63) is 27.7 Å². The summed E-state index contributed by atoms with van der Waals surface area (Å²) in [5, 5.41) is 11.7. The minimum Gasteiger partial charge on any atom is -0.478 e. The molecule has 0 saturated heterocycles. The lowest BCUT2D eigenvalue weighted by molar-refractivity contribution is 0.0697. The Kier molecular flexibility index (Phi) is 6.30. The molecule has 1 aromatic rings. The Morgan fingerprint density at radius 1 is 1.29 bits per heavy atom. The molecule has 1 aromatic carbocycles. The van der Waals surface area contributed by atoms with Gasteiger partial charge in [0.2, 0.25) is 0 Å². The second-order valence-corrected chi connectivity index (χ2v) is 5.97. The van der Waals surface area contributed by atoms with E-state index in [0.29, 0.717) is 12.5 Å². The predicted octanol–water partition coefficient (Wildman–Crippen LogP) is 4.20. The van der Waals surface area contributed by atoms with E-state index in [-0.39, 0.29) is 27.3 Å². The van der Waals surface area contributed by atoms with Crippen LogP contribution in [0.1, 0.15) is 30.6 Å². The molecule has 0 unspecified atom stereocenters. The molecule has 5 nitrogen and oxygen atoms in total. The largest absolute Gasteiger partial charge is 0.478 e. The molecular weight excluding hydrogens is 315 g/mol. The van der Waals surface area contributed by atoms with Gasteiger partial charge in [0.05, 0.1) is 21.3 Å². The molecule has 0 radical (unpaired) electrons. The summed E-state index contributed by atoms with van der Waals surface area (Å²) in [5.74, 6) is -0.645. The summed E-state index contributed by atoms with van der Waals surface area (Å²) in [6, 6.07) is 2.15. The van der Waals surface area contributed by atoms with Gasteiger partial charge >= 0.3 is 12.0 Å². The molecule has 0 fully saturated rings. The first-order valence-corrected chi connectivity index (χ1v) is 7.22. The SMILES string of the molecule is CC(C)CCN(C)C(=O)Nc1c(Cl)cc(C(=O)O)cc1Cl. The van der Waals surface area contributed by atoms with Crippen LogP contribution in [0.3, 0.4) is 0 Å². The van der Waals surface area contributed by atoms with Crippen LogP contribution in [-0.4, -0.2) is 35.6 Å². The highest BCUT2D eigenvalue weighted by Crippen LogP contribution is 2.32. The van der Waals surface area contributed by atoms with E-state index in [9.17, 15) is 9.59 Å². The highest BCUT2D eigenvalue weighted by Gasteiger charge is 2.16. The Labute approximate surface area is 133 Å². The van der Waals surface area contributed by atoms with Crippen LogP contribution in [0.15, 0.2) is 12.1 Å². The number of nitrogens with zero attached hydrogens (tertiary/aromatic N) is 1. The summed E-state index contributed by atoms with van der Waals surface area (Å²) in [6.07, 6.45) is 0.878. The van der Waals surface area contributed by atoms with Crippen LogP contribution in [0.4, 0.5) is 10.5 Å². The number of carboxylic acid groups (broad SMARTS) is 1. The lowest BCUT2D eigenvalue weighted by Crippen LogP contribution is -2.32. The van der Waals surface area contributed by atoms with E-state index in [1.165, 1.54) is 17.0 Å². The molecule has 116 valence electrons. The summed E-state index contributed by atoms with van der Waals surface area (Å²) >= 11 is 11.9. The summed E-state index contributed by atoms with van der Waals surface area (Å²) in [7, 11) is 1.67. The zero-order chi connectivity index (χ0) is 16.2. The van der Waals surface area contributed by atoms with Crippen molar-refractivity contribution in [2.24, 2.45) is 5.92 Å². The summed E-state index contributed by atoms with van der Waals surface area (Å²) in [6.45, 7) is 4.75. The molecule has 7 heteroatoms. The van der Waals surface area contributed by atoms with Crippen LogP contribution < -0.4 is 5.32 Å². The van der Waals surface area contributed by atoms with Gasteiger partial charge in [0.1, 0.15) is 0 Å². The maximum Gasteiger partial charge on any atom is 0.335 e. The maximum absolute atomic E-state index is 12.0. The lowest BCUT2D eigenvalue weighted by Gasteiger charge is -2.20. The fourth-order valence-electron chi connectivity index (χ4n) is 1.57. The van der Waals surface area contributed by atoms with Crippen LogP contribution in [0.25, 0.3) is 0 Å². The van der Waals surface area contributed by atoms with Crippen molar-refractivity contribution in [1.29, 1.82) is 0 Å². The Balaban J connectivity index is 2.83. The number of carboxylic acids is 1. The van der Waals surface area contributed by atoms with Gasteiger partial charge in [-0.05, 0) is 24.5 Å². The van der Waals surface area contributed by atoms with E-state index in [2.05, 4.69) is 19.2 Å². The third-order valence-corrected chi connectivity index (χ3v) is 3.51. The zero-order valence-corrected chi connectivity index (χ0v) is 13.6. The van der Waals surface area contributed by atoms with Crippen molar-refractivity contribution in [1.82, 2.24) is 4.90 Å². The number of anilines is 1. The number of aromatic carboxylic acids is 1. The highest BCUT2D eigenvalue weighted by molar-refractivity contribution is 6.40. The van der Waals surface area contributed by atoms with Crippen LogP contribution in [0.2, 0.25) is 10.0 Å². The molecule has 0 aliphatic carbocycles. The second kappa shape index (κ2) is 7.52. The summed E-state index contributed by atoms with van der Waals surface area (Å²) < 4.78 is 0. The van der Waals surface area contributed by atoms with E-state index < -0.39 is 5.97 Å². The van der Waals surface area contributed by atoms with Gasteiger partial charge in [0, 0.05) is 13.6 Å². The molecule has 0 heterocycles. The van der Waals surface area contributed by atoms with Crippen LogP contribution >= 0.6 is 23.2 Å². The Bertz CT molecular complexity index is 524.